The summed E-state index contributed by atoms with van der Waals surface area (Å²) in [4.78, 5) is 25.6. The molecule has 0 aliphatic heterocycles. The lowest BCUT2D eigenvalue weighted by molar-refractivity contribution is -0.149. The van der Waals surface area contributed by atoms with Gasteiger partial charge in [0.15, 0.2) is 0 Å². The molecule has 4 heteroatoms. The van der Waals surface area contributed by atoms with E-state index in [2.05, 4.69) is 44.3 Å². The van der Waals surface area contributed by atoms with Crippen molar-refractivity contribution >= 4 is 11.9 Å². The summed E-state index contributed by atoms with van der Waals surface area (Å²) in [6, 6.07) is 6.38. The molecular weight excluding hydrogens is 362 g/mol. The maximum Gasteiger partial charge on any atom is 0.328 e. The van der Waals surface area contributed by atoms with Crippen molar-refractivity contribution < 1.29 is 14.3 Å². The lowest BCUT2D eigenvalue weighted by Gasteiger charge is -2.48. The predicted molar refractivity (Wildman–Crippen MR) is 116 cm³/mol. The molecule has 1 fully saturated rings. The molecule has 0 spiro atoms. The molecule has 2 aliphatic carbocycles. The first-order chi connectivity index (χ1) is 13.7. The van der Waals surface area contributed by atoms with Crippen molar-refractivity contribution in [2.24, 2.45) is 17.3 Å². The third-order valence-corrected chi connectivity index (χ3v) is 7.40. The summed E-state index contributed by atoms with van der Waals surface area (Å²) >= 11 is 0. The summed E-state index contributed by atoms with van der Waals surface area (Å²) in [7, 11) is 1.38. The molecule has 3 rings (SSSR count). The van der Waals surface area contributed by atoms with Crippen LogP contribution in [-0.2, 0) is 20.7 Å². The SMILES string of the molecule is COC(=O)[C@@H](NC(=O)[C@]1(C)CCC[C@@H]2c3ccc(C(C)C)cc3CC[C@H]21)C(C)C. The third kappa shape index (κ3) is 4.08. The number of rotatable bonds is 5. The van der Waals surface area contributed by atoms with Gasteiger partial charge < -0.3 is 10.1 Å². The van der Waals surface area contributed by atoms with E-state index in [1.807, 2.05) is 13.8 Å². The van der Waals surface area contributed by atoms with E-state index in [1.165, 1.54) is 23.8 Å². The minimum atomic E-state index is -0.589. The number of ether oxygens (including phenoxy) is 1. The summed E-state index contributed by atoms with van der Waals surface area (Å²) in [6.45, 7) is 10.5. The zero-order valence-corrected chi connectivity index (χ0v) is 18.9. The van der Waals surface area contributed by atoms with E-state index in [0.717, 1.165) is 32.1 Å². The van der Waals surface area contributed by atoms with Crippen LogP contribution in [-0.4, -0.2) is 25.0 Å². The second-order valence-electron chi connectivity index (χ2n) is 9.89. The molecule has 0 bridgehead atoms. The Balaban J connectivity index is 1.86. The highest BCUT2D eigenvalue weighted by atomic mass is 16.5. The maximum atomic E-state index is 13.4. The van der Waals surface area contributed by atoms with Crippen molar-refractivity contribution in [3.05, 3.63) is 34.9 Å². The Labute approximate surface area is 175 Å². The number of esters is 1. The van der Waals surface area contributed by atoms with Crippen LogP contribution in [0, 0.1) is 17.3 Å². The number of methoxy groups -OCH3 is 1. The fourth-order valence-corrected chi connectivity index (χ4v) is 5.50. The Morgan fingerprint density at radius 2 is 1.90 bits per heavy atom. The van der Waals surface area contributed by atoms with Crippen molar-refractivity contribution in [2.45, 2.75) is 84.6 Å². The molecule has 1 aromatic rings. The Morgan fingerprint density at radius 3 is 2.52 bits per heavy atom. The average molecular weight is 400 g/mol. The largest absolute Gasteiger partial charge is 0.467 e. The van der Waals surface area contributed by atoms with E-state index < -0.39 is 11.5 Å². The molecule has 1 aromatic carbocycles. The first kappa shape index (κ1) is 21.9. The molecule has 1 N–H and O–H groups in total. The minimum Gasteiger partial charge on any atom is -0.467 e. The number of hydrogen-bond donors (Lipinski definition) is 1. The molecule has 160 valence electrons. The number of carbonyl (C=O) groups is 2. The van der Waals surface area contributed by atoms with Crippen molar-refractivity contribution in [2.75, 3.05) is 7.11 Å². The van der Waals surface area contributed by atoms with Crippen LogP contribution in [0.2, 0.25) is 0 Å². The fourth-order valence-electron chi connectivity index (χ4n) is 5.50. The van der Waals surface area contributed by atoms with Gasteiger partial charge in [-0.2, -0.15) is 0 Å². The topological polar surface area (TPSA) is 55.4 Å². The molecule has 0 unspecified atom stereocenters. The van der Waals surface area contributed by atoms with E-state index in [4.69, 9.17) is 4.74 Å². The van der Waals surface area contributed by atoms with Crippen molar-refractivity contribution in [3.63, 3.8) is 0 Å². The lowest BCUT2D eigenvalue weighted by atomic mass is 9.56. The smallest absolute Gasteiger partial charge is 0.328 e. The normalized spacial score (nSPS) is 27.2. The van der Waals surface area contributed by atoms with Crippen LogP contribution in [0.3, 0.4) is 0 Å². The monoisotopic (exact) mass is 399 g/mol. The highest BCUT2D eigenvalue weighted by Gasteiger charge is 2.50. The van der Waals surface area contributed by atoms with Crippen molar-refractivity contribution in [3.8, 4) is 0 Å². The van der Waals surface area contributed by atoms with Crippen LogP contribution in [0.25, 0.3) is 0 Å². The average Bonchev–Trinajstić information content (AvgIpc) is 2.70. The van der Waals surface area contributed by atoms with Gasteiger partial charge in [0.25, 0.3) is 0 Å². The molecule has 0 saturated heterocycles. The Kier molecular flexibility index (Phi) is 6.40. The Morgan fingerprint density at radius 1 is 1.17 bits per heavy atom. The number of fused-ring (bicyclic) bond motifs is 3. The predicted octanol–water partition coefficient (Wildman–Crippen LogP) is 4.96. The molecule has 0 aromatic heterocycles. The first-order valence-corrected chi connectivity index (χ1v) is 11.2. The quantitative estimate of drug-likeness (QED) is 0.712. The van der Waals surface area contributed by atoms with Crippen LogP contribution in [0.15, 0.2) is 18.2 Å². The number of benzene rings is 1. The lowest BCUT2D eigenvalue weighted by Crippen LogP contribution is -2.54. The number of nitrogens with one attached hydrogen (secondary N) is 1. The van der Waals surface area contributed by atoms with Gasteiger partial charge in [-0.15, -0.1) is 0 Å². The van der Waals surface area contributed by atoms with Gasteiger partial charge in [0.2, 0.25) is 5.91 Å². The zero-order chi connectivity index (χ0) is 21.3. The van der Waals surface area contributed by atoms with Gasteiger partial charge in [0.1, 0.15) is 6.04 Å². The molecule has 0 heterocycles. The Hall–Kier alpha value is -1.84. The molecule has 1 amide bonds. The van der Waals surface area contributed by atoms with Gasteiger partial charge in [0, 0.05) is 5.41 Å². The van der Waals surface area contributed by atoms with E-state index in [1.54, 1.807) is 0 Å². The molecule has 1 saturated carbocycles. The van der Waals surface area contributed by atoms with Crippen LogP contribution >= 0.6 is 0 Å². The van der Waals surface area contributed by atoms with Crippen LogP contribution < -0.4 is 5.32 Å². The summed E-state index contributed by atoms with van der Waals surface area (Å²) in [5.74, 6) is 0.930. The molecule has 0 radical (unpaired) electrons. The third-order valence-electron chi connectivity index (χ3n) is 7.40. The summed E-state index contributed by atoms with van der Waals surface area (Å²) in [5.41, 5.74) is 3.87. The fraction of sp³-hybridized carbons (Fsp3) is 0.680. The van der Waals surface area contributed by atoms with E-state index in [9.17, 15) is 9.59 Å². The summed E-state index contributed by atoms with van der Waals surface area (Å²) < 4.78 is 4.92. The summed E-state index contributed by atoms with van der Waals surface area (Å²) in [5, 5.41) is 3.04. The van der Waals surface area contributed by atoms with Gasteiger partial charge >= 0.3 is 5.97 Å². The van der Waals surface area contributed by atoms with Crippen molar-refractivity contribution in [1.82, 2.24) is 5.32 Å². The van der Waals surface area contributed by atoms with Crippen LogP contribution in [0.5, 0.6) is 0 Å². The molecule has 29 heavy (non-hydrogen) atoms. The highest BCUT2D eigenvalue weighted by Crippen LogP contribution is 2.54. The van der Waals surface area contributed by atoms with E-state index in [0.29, 0.717) is 17.8 Å². The zero-order valence-electron chi connectivity index (χ0n) is 18.9. The highest BCUT2D eigenvalue weighted by molar-refractivity contribution is 5.88. The molecule has 2 aliphatic rings. The minimum absolute atomic E-state index is 0.00377. The second-order valence-corrected chi connectivity index (χ2v) is 9.89. The number of hydrogen-bond acceptors (Lipinski definition) is 3. The van der Waals surface area contributed by atoms with Crippen molar-refractivity contribution in [1.29, 1.82) is 0 Å². The molecule has 4 atom stereocenters. The number of aryl methyl sites for hydroxylation is 1. The van der Waals surface area contributed by atoms with Crippen LogP contribution in [0.4, 0.5) is 0 Å². The second kappa shape index (κ2) is 8.49. The number of amides is 1. The summed E-state index contributed by atoms with van der Waals surface area (Å²) in [6.07, 6.45) is 5.14. The van der Waals surface area contributed by atoms with E-state index >= 15 is 0 Å². The van der Waals surface area contributed by atoms with Gasteiger partial charge in [-0.1, -0.05) is 59.2 Å². The van der Waals surface area contributed by atoms with Gasteiger partial charge in [-0.25, -0.2) is 4.79 Å². The molecule has 4 nitrogen and oxygen atoms in total. The first-order valence-electron chi connectivity index (χ1n) is 11.2. The maximum absolute atomic E-state index is 13.4. The number of carbonyl (C=O) groups excluding carboxylic acids is 2. The van der Waals surface area contributed by atoms with Gasteiger partial charge in [0.05, 0.1) is 7.11 Å². The standard InChI is InChI=1S/C25H37NO3/c1-15(2)17-9-11-19-18(14-17)10-12-21-20(19)8-7-13-25(21,5)24(28)26-22(16(3)4)23(27)29-6/h9,11,14-16,20-22H,7-8,10,12-13H2,1-6H3,(H,26,28)/t20-,21-,22+,25-/m1/s1. The van der Waals surface area contributed by atoms with Gasteiger partial charge in [-0.3, -0.25) is 4.79 Å². The van der Waals surface area contributed by atoms with Gasteiger partial charge in [-0.05, 0) is 66.0 Å². The molecular formula is C25H37NO3. The van der Waals surface area contributed by atoms with Crippen LogP contribution in [0.1, 0.15) is 88.8 Å². The Bertz CT molecular complexity index is 769. The van der Waals surface area contributed by atoms with E-state index in [-0.39, 0.29) is 17.8 Å².